The van der Waals surface area contributed by atoms with Crippen LogP contribution in [0.15, 0.2) is 60.4 Å². The maximum absolute atomic E-state index is 9.84. The number of benzene rings is 1. The topological polar surface area (TPSA) is 40.5 Å². The first-order valence-corrected chi connectivity index (χ1v) is 9.50. The number of aromatic hydroxyl groups is 1. The third-order valence-electron chi connectivity index (χ3n) is 6.52. The minimum Gasteiger partial charge on any atom is -0.508 e. The molecule has 2 aliphatic rings. The van der Waals surface area contributed by atoms with Gasteiger partial charge < -0.3 is 10.2 Å². The molecule has 2 bridgehead atoms. The minimum absolute atomic E-state index is 0.116. The molecule has 1 aromatic carbocycles. The standard InChI is InChI=1S/C23H30O2/c1-4-21(24)11-8-16(2)23(19-9-12-22(25)13-10-19)17(3)14-18-6-5-7-20(23)15-18/h4,8-13,17-18,20,24-25H,2,5-7,14-15H2,1,3H3/b11-8-,21-4+. The van der Waals surface area contributed by atoms with E-state index in [2.05, 4.69) is 25.6 Å². The molecule has 2 saturated carbocycles. The van der Waals surface area contributed by atoms with Crippen LogP contribution in [0.4, 0.5) is 0 Å². The zero-order valence-corrected chi connectivity index (χ0v) is 15.4. The van der Waals surface area contributed by atoms with Crippen LogP contribution in [0.1, 0.15) is 51.5 Å². The molecule has 4 unspecified atom stereocenters. The normalized spacial score (nSPS) is 32.7. The van der Waals surface area contributed by atoms with Gasteiger partial charge in [0.2, 0.25) is 0 Å². The van der Waals surface area contributed by atoms with Crippen LogP contribution in [-0.2, 0) is 5.41 Å². The SMILES string of the molecule is C=C(/C=C\C(O)=C/C)C1(c2ccc(O)cc2)C(C)CC2CCCC1C2. The molecule has 1 aromatic rings. The van der Waals surface area contributed by atoms with Crippen molar-refractivity contribution in [1.82, 2.24) is 0 Å². The van der Waals surface area contributed by atoms with Gasteiger partial charge in [0.1, 0.15) is 11.5 Å². The van der Waals surface area contributed by atoms with Crippen LogP contribution in [0.5, 0.6) is 5.75 Å². The maximum Gasteiger partial charge on any atom is 0.115 e. The van der Waals surface area contributed by atoms with E-state index in [4.69, 9.17) is 0 Å². The first-order valence-electron chi connectivity index (χ1n) is 9.50. The summed E-state index contributed by atoms with van der Waals surface area (Å²) in [5, 5.41) is 19.6. The van der Waals surface area contributed by atoms with Gasteiger partial charge in [-0.3, -0.25) is 0 Å². The highest BCUT2D eigenvalue weighted by atomic mass is 16.3. The van der Waals surface area contributed by atoms with Gasteiger partial charge in [-0.05, 0) is 79.4 Å². The van der Waals surface area contributed by atoms with Crippen molar-refractivity contribution < 1.29 is 10.2 Å². The predicted octanol–water partition coefficient (Wildman–Crippen LogP) is 6.05. The molecular weight excluding hydrogens is 308 g/mol. The van der Waals surface area contributed by atoms with Crippen LogP contribution >= 0.6 is 0 Å². The van der Waals surface area contributed by atoms with Crippen LogP contribution < -0.4 is 0 Å². The van der Waals surface area contributed by atoms with Crippen LogP contribution in [0.2, 0.25) is 0 Å². The second-order valence-corrected chi connectivity index (χ2v) is 7.85. The quantitative estimate of drug-likeness (QED) is 0.518. The van der Waals surface area contributed by atoms with Crippen molar-refractivity contribution in [2.45, 2.75) is 51.4 Å². The lowest BCUT2D eigenvalue weighted by Crippen LogP contribution is -2.49. The van der Waals surface area contributed by atoms with Crippen molar-refractivity contribution in [2.75, 3.05) is 0 Å². The van der Waals surface area contributed by atoms with Gasteiger partial charge in [-0.15, -0.1) is 0 Å². The molecule has 0 radical (unpaired) electrons. The van der Waals surface area contributed by atoms with Gasteiger partial charge in [-0.2, -0.15) is 0 Å². The summed E-state index contributed by atoms with van der Waals surface area (Å²) >= 11 is 0. The van der Waals surface area contributed by atoms with E-state index in [1.807, 2.05) is 13.0 Å². The van der Waals surface area contributed by atoms with E-state index in [1.165, 1.54) is 37.7 Å². The molecule has 2 heteroatoms. The van der Waals surface area contributed by atoms with Gasteiger partial charge in [0.25, 0.3) is 0 Å². The maximum atomic E-state index is 9.84. The fraction of sp³-hybridized carbons (Fsp3) is 0.478. The second-order valence-electron chi connectivity index (χ2n) is 7.85. The van der Waals surface area contributed by atoms with Gasteiger partial charge in [0.15, 0.2) is 0 Å². The van der Waals surface area contributed by atoms with E-state index in [0.717, 1.165) is 11.5 Å². The van der Waals surface area contributed by atoms with Crippen LogP contribution in [0.25, 0.3) is 0 Å². The van der Waals surface area contributed by atoms with Crippen molar-refractivity contribution in [3.05, 3.63) is 66.0 Å². The molecule has 0 aliphatic heterocycles. The summed E-state index contributed by atoms with van der Waals surface area (Å²) in [6.45, 7) is 8.65. The molecule has 3 rings (SSSR count). The van der Waals surface area contributed by atoms with Gasteiger partial charge in [-0.25, -0.2) is 0 Å². The Kier molecular flexibility index (Phi) is 5.08. The predicted molar refractivity (Wildman–Crippen MR) is 104 cm³/mol. The van der Waals surface area contributed by atoms with E-state index in [9.17, 15) is 10.2 Å². The largest absolute Gasteiger partial charge is 0.508 e. The molecule has 2 nitrogen and oxygen atoms in total. The van der Waals surface area contributed by atoms with Gasteiger partial charge in [-0.1, -0.05) is 44.6 Å². The summed E-state index contributed by atoms with van der Waals surface area (Å²) in [5.74, 6) is 2.47. The Balaban J connectivity index is 2.09. The first kappa shape index (κ1) is 17.8. The molecule has 4 atom stereocenters. The molecule has 0 aromatic heterocycles. The third-order valence-corrected chi connectivity index (χ3v) is 6.52. The summed E-state index contributed by atoms with van der Waals surface area (Å²) in [7, 11) is 0. The number of fused-ring (bicyclic) bond motifs is 2. The van der Waals surface area contributed by atoms with Crippen molar-refractivity contribution in [3.8, 4) is 5.75 Å². The molecule has 0 spiro atoms. The fourth-order valence-corrected chi connectivity index (χ4v) is 5.45. The Morgan fingerprint density at radius 1 is 1.16 bits per heavy atom. The summed E-state index contributed by atoms with van der Waals surface area (Å²) in [6, 6.07) is 7.71. The summed E-state index contributed by atoms with van der Waals surface area (Å²) in [6.07, 6.45) is 11.8. The van der Waals surface area contributed by atoms with Gasteiger partial charge >= 0.3 is 0 Å². The number of aliphatic hydroxyl groups excluding tert-OH is 1. The summed E-state index contributed by atoms with van der Waals surface area (Å²) in [5.41, 5.74) is 2.21. The highest BCUT2D eigenvalue weighted by molar-refractivity contribution is 5.46. The number of rotatable bonds is 4. The number of aliphatic hydroxyl groups is 1. The number of phenolic OH excluding ortho intramolecular Hbond substituents is 1. The zero-order valence-electron chi connectivity index (χ0n) is 15.4. The molecule has 2 aliphatic carbocycles. The molecule has 25 heavy (non-hydrogen) atoms. The van der Waals surface area contributed by atoms with Crippen molar-refractivity contribution in [1.29, 1.82) is 0 Å². The van der Waals surface area contributed by atoms with Crippen molar-refractivity contribution in [3.63, 3.8) is 0 Å². The minimum atomic E-state index is -0.116. The molecule has 0 heterocycles. The Bertz CT molecular complexity index is 681. The summed E-state index contributed by atoms with van der Waals surface area (Å²) < 4.78 is 0. The lowest BCUT2D eigenvalue weighted by molar-refractivity contribution is 0.0640. The number of hydrogen-bond acceptors (Lipinski definition) is 2. The molecule has 2 N–H and O–H groups in total. The molecule has 134 valence electrons. The Hall–Kier alpha value is -1.96. The van der Waals surface area contributed by atoms with Gasteiger partial charge in [0.05, 0.1) is 0 Å². The lowest BCUT2D eigenvalue weighted by atomic mass is 9.49. The summed E-state index contributed by atoms with van der Waals surface area (Å²) in [4.78, 5) is 0. The molecule has 0 saturated heterocycles. The Morgan fingerprint density at radius 3 is 2.56 bits per heavy atom. The second kappa shape index (κ2) is 7.11. The number of phenols is 1. The molecule has 2 fully saturated rings. The van der Waals surface area contributed by atoms with E-state index >= 15 is 0 Å². The van der Waals surface area contributed by atoms with E-state index in [-0.39, 0.29) is 11.2 Å². The zero-order chi connectivity index (χ0) is 18.0. The first-order chi connectivity index (χ1) is 12.0. The highest BCUT2D eigenvalue weighted by Gasteiger charge is 2.51. The van der Waals surface area contributed by atoms with Crippen LogP contribution in [0, 0.1) is 17.8 Å². The van der Waals surface area contributed by atoms with Gasteiger partial charge in [0, 0.05) is 5.41 Å². The third kappa shape index (κ3) is 3.15. The van der Waals surface area contributed by atoms with Crippen LogP contribution in [0.3, 0.4) is 0 Å². The number of hydrogen-bond donors (Lipinski definition) is 2. The van der Waals surface area contributed by atoms with E-state index in [1.54, 1.807) is 24.3 Å². The average Bonchev–Trinajstić information content (AvgIpc) is 2.61. The average molecular weight is 338 g/mol. The number of allylic oxidation sites excluding steroid dienone is 4. The Morgan fingerprint density at radius 2 is 1.88 bits per heavy atom. The van der Waals surface area contributed by atoms with Crippen molar-refractivity contribution in [2.24, 2.45) is 17.8 Å². The monoisotopic (exact) mass is 338 g/mol. The fourth-order valence-electron chi connectivity index (χ4n) is 5.45. The smallest absolute Gasteiger partial charge is 0.115 e. The van der Waals surface area contributed by atoms with E-state index in [0.29, 0.717) is 17.6 Å². The van der Waals surface area contributed by atoms with E-state index < -0.39 is 0 Å². The van der Waals surface area contributed by atoms with Crippen molar-refractivity contribution >= 4 is 0 Å². The van der Waals surface area contributed by atoms with Crippen LogP contribution in [-0.4, -0.2) is 10.2 Å². The molecule has 0 amide bonds. The Labute approximate surface area is 151 Å². The lowest BCUT2D eigenvalue weighted by Gasteiger charge is -2.54. The molecular formula is C23H30O2. The highest BCUT2D eigenvalue weighted by Crippen LogP contribution is 2.58.